The standard InChI is InChI=1S/C12H13NO5S/c13-12(15)18-9-2-1-3-10(7-9)19(16,17)11-5-4-8(14)6-11/h1-3,7,11H,4-6H2,(H2,13,15). The van der Waals surface area contributed by atoms with Crippen LogP contribution in [0.2, 0.25) is 0 Å². The van der Waals surface area contributed by atoms with Gasteiger partial charge in [0.25, 0.3) is 0 Å². The largest absolute Gasteiger partial charge is 0.410 e. The summed E-state index contributed by atoms with van der Waals surface area (Å²) >= 11 is 0. The van der Waals surface area contributed by atoms with Crippen molar-refractivity contribution in [2.24, 2.45) is 5.73 Å². The molecule has 1 atom stereocenters. The van der Waals surface area contributed by atoms with E-state index in [0.29, 0.717) is 12.8 Å². The van der Waals surface area contributed by atoms with Crippen molar-refractivity contribution in [2.75, 3.05) is 0 Å². The smallest absolute Gasteiger partial charge is 0.409 e. The maximum atomic E-state index is 12.3. The number of hydrogen-bond donors (Lipinski definition) is 1. The molecule has 1 aromatic rings. The number of benzene rings is 1. The number of hydrogen-bond acceptors (Lipinski definition) is 5. The average molecular weight is 283 g/mol. The van der Waals surface area contributed by atoms with Gasteiger partial charge in [0.1, 0.15) is 11.5 Å². The van der Waals surface area contributed by atoms with E-state index in [9.17, 15) is 18.0 Å². The molecule has 7 heteroatoms. The maximum absolute atomic E-state index is 12.3. The Kier molecular flexibility index (Phi) is 3.57. The van der Waals surface area contributed by atoms with Gasteiger partial charge >= 0.3 is 6.09 Å². The van der Waals surface area contributed by atoms with Gasteiger partial charge in [-0.3, -0.25) is 4.79 Å². The summed E-state index contributed by atoms with van der Waals surface area (Å²) in [5, 5.41) is -0.691. The van der Waals surface area contributed by atoms with E-state index in [1.54, 1.807) is 0 Å². The van der Waals surface area contributed by atoms with Gasteiger partial charge in [-0.05, 0) is 24.6 Å². The number of nitrogens with two attached hydrogens (primary N) is 1. The first-order valence-corrected chi connectivity index (χ1v) is 7.27. The summed E-state index contributed by atoms with van der Waals surface area (Å²) < 4.78 is 29.2. The third kappa shape index (κ3) is 2.93. The first-order chi connectivity index (χ1) is 8.89. The highest BCUT2D eigenvalue weighted by atomic mass is 32.2. The Morgan fingerprint density at radius 3 is 2.68 bits per heavy atom. The van der Waals surface area contributed by atoms with Gasteiger partial charge in [-0.1, -0.05) is 6.07 Å². The monoisotopic (exact) mass is 283 g/mol. The molecule has 6 nitrogen and oxygen atoms in total. The number of carbonyl (C=O) groups excluding carboxylic acids is 2. The first kappa shape index (κ1) is 13.5. The van der Waals surface area contributed by atoms with Gasteiger partial charge in [-0.25, -0.2) is 13.2 Å². The Morgan fingerprint density at radius 1 is 1.37 bits per heavy atom. The minimum absolute atomic E-state index is 0.0333. The topological polar surface area (TPSA) is 104 Å². The van der Waals surface area contributed by atoms with Crippen LogP contribution in [0.15, 0.2) is 29.2 Å². The Morgan fingerprint density at radius 2 is 2.11 bits per heavy atom. The van der Waals surface area contributed by atoms with E-state index < -0.39 is 21.2 Å². The second kappa shape index (κ2) is 5.00. The first-order valence-electron chi connectivity index (χ1n) is 5.72. The zero-order chi connectivity index (χ0) is 14.0. The molecule has 1 aliphatic rings. The molecule has 1 unspecified atom stereocenters. The minimum atomic E-state index is -3.58. The summed E-state index contributed by atoms with van der Waals surface area (Å²) in [6.45, 7) is 0. The van der Waals surface area contributed by atoms with Gasteiger partial charge in [0.2, 0.25) is 0 Å². The minimum Gasteiger partial charge on any atom is -0.410 e. The summed E-state index contributed by atoms with van der Waals surface area (Å²) in [4.78, 5) is 21.9. The molecule has 1 aromatic carbocycles. The number of carbonyl (C=O) groups is 2. The lowest BCUT2D eigenvalue weighted by Crippen LogP contribution is -2.19. The average Bonchev–Trinajstić information content (AvgIpc) is 2.76. The molecule has 1 aliphatic carbocycles. The summed E-state index contributed by atoms with van der Waals surface area (Å²) in [7, 11) is -3.58. The molecule has 19 heavy (non-hydrogen) atoms. The van der Waals surface area contributed by atoms with E-state index >= 15 is 0 Å². The fraction of sp³-hybridized carbons (Fsp3) is 0.333. The summed E-state index contributed by atoms with van der Waals surface area (Å²) in [5.74, 6) is 0.0241. The normalized spacial score (nSPS) is 19.4. The zero-order valence-corrected chi connectivity index (χ0v) is 10.9. The molecule has 1 saturated carbocycles. The van der Waals surface area contributed by atoms with Crippen LogP contribution < -0.4 is 10.5 Å². The third-order valence-electron chi connectivity index (χ3n) is 2.99. The highest BCUT2D eigenvalue weighted by Gasteiger charge is 2.34. The predicted octanol–water partition coefficient (Wildman–Crippen LogP) is 1.04. The number of amides is 1. The summed E-state index contributed by atoms with van der Waals surface area (Å²) in [6.07, 6.45) is -0.335. The number of ether oxygens (including phenoxy) is 1. The van der Waals surface area contributed by atoms with Gasteiger partial charge in [0, 0.05) is 12.8 Å². The van der Waals surface area contributed by atoms with Crippen molar-refractivity contribution in [2.45, 2.75) is 29.4 Å². The fourth-order valence-electron chi connectivity index (χ4n) is 2.07. The van der Waals surface area contributed by atoms with Crippen LogP contribution in [0.3, 0.4) is 0 Å². The van der Waals surface area contributed by atoms with Crippen molar-refractivity contribution in [3.8, 4) is 5.75 Å². The lowest BCUT2D eigenvalue weighted by Gasteiger charge is -2.11. The van der Waals surface area contributed by atoms with Crippen LogP contribution in [0, 0.1) is 0 Å². The molecule has 0 spiro atoms. The van der Waals surface area contributed by atoms with Gasteiger partial charge < -0.3 is 10.5 Å². The molecule has 0 aromatic heterocycles. The highest BCUT2D eigenvalue weighted by Crippen LogP contribution is 2.29. The van der Waals surface area contributed by atoms with Gasteiger partial charge in [0.05, 0.1) is 10.1 Å². The number of ketones is 1. The van der Waals surface area contributed by atoms with E-state index in [1.165, 1.54) is 24.3 Å². The van der Waals surface area contributed by atoms with Crippen LogP contribution in [0.1, 0.15) is 19.3 Å². The Hall–Kier alpha value is -1.89. The van der Waals surface area contributed by atoms with Crippen molar-refractivity contribution in [1.29, 1.82) is 0 Å². The molecule has 2 rings (SSSR count). The van der Waals surface area contributed by atoms with Crippen molar-refractivity contribution >= 4 is 21.7 Å². The maximum Gasteiger partial charge on any atom is 0.409 e. The zero-order valence-electron chi connectivity index (χ0n) is 10.0. The quantitative estimate of drug-likeness (QED) is 0.892. The van der Waals surface area contributed by atoms with E-state index in [2.05, 4.69) is 4.74 Å². The lowest BCUT2D eigenvalue weighted by molar-refractivity contribution is -0.117. The molecular weight excluding hydrogens is 270 g/mol. The van der Waals surface area contributed by atoms with E-state index in [4.69, 9.17) is 5.73 Å². The van der Waals surface area contributed by atoms with E-state index in [1.807, 2.05) is 0 Å². The highest BCUT2D eigenvalue weighted by molar-refractivity contribution is 7.92. The number of sulfone groups is 1. The number of primary amides is 1. The third-order valence-corrected chi connectivity index (χ3v) is 5.18. The molecular formula is C12H13NO5S. The fourth-order valence-corrected chi connectivity index (χ4v) is 3.84. The molecule has 2 N–H and O–H groups in total. The van der Waals surface area contributed by atoms with Crippen molar-refractivity contribution < 1.29 is 22.7 Å². The number of Topliss-reactive ketones (excluding diaryl/α,β-unsaturated/α-hetero) is 1. The Balaban J connectivity index is 2.30. The lowest BCUT2D eigenvalue weighted by atomic mass is 10.3. The Labute approximate surface area is 110 Å². The van der Waals surface area contributed by atoms with Crippen molar-refractivity contribution in [3.63, 3.8) is 0 Å². The second-order valence-electron chi connectivity index (χ2n) is 4.34. The van der Waals surface area contributed by atoms with Gasteiger partial charge in [-0.2, -0.15) is 0 Å². The van der Waals surface area contributed by atoms with Crippen LogP contribution in [0.25, 0.3) is 0 Å². The molecule has 0 aliphatic heterocycles. The molecule has 0 radical (unpaired) electrons. The SMILES string of the molecule is NC(=O)Oc1cccc(S(=O)(=O)C2CCC(=O)C2)c1. The van der Waals surface area contributed by atoms with Gasteiger partial charge in [-0.15, -0.1) is 0 Å². The van der Waals surface area contributed by atoms with Crippen molar-refractivity contribution in [3.05, 3.63) is 24.3 Å². The number of rotatable bonds is 3. The van der Waals surface area contributed by atoms with Crippen molar-refractivity contribution in [1.82, 2.24) is 0 Å². The summed E-state index contributed by atoms with van der Waals surface area (Å²) in [5.41, 5.74) is 4.87. The van der Waals surface area contributed by atoms with Crippen LogP contribution in [0.5, 0.6) is 5.75 Å². The van der Waals surface area contributed by atoms with Crippen LogP contribution in [-0.4, -0.2) is 25.5 Å². The van der Waals surface area contributed by atoms with E-state index in [0.717, 1.165) is 0 Å². The van der Waals surface area contributed by atoms with Gasteiger partial charge in [0.15, 0.2) is 9.84 Å². The molecule has 0 heterocycles. The second-order valence-corrected chi connectivity index (χ2v) is 6.57. The summed E-state index contributed by atoms with van der Waals surface area (Å²) in [6, 6.07) is 5.54. The molecule has 1 amide bonds. The molecule has 0 bridgehead atoms. The van der Waals surface area contributed by atoms with E-state index in [-0.39, 0.29) is 22.8 Å². The van der Waals surface area contributed by atoms with Crippen LogP contribution >= 0.6 is 0 Å². The molecule has 102 valence electrons. The molecule has 1 fully saturated rings. The van der Waals surface area contributed by atoms with Crippen LogP contribution in [0.4, 0.5) is 4.79 Å². The van der Waals surface area contributed by atoms with Crippen LogP contribution in [-0.2, 0) is 14.6 Å². The predicted molar refractivity (Wildman–Crippen MR) is 66.5 cm³/mol. The Bertz CT molecular complexity index is 623. The molecule has 0 saturated heterocycles.